The number of carboxylic acid groups (broad SMARTS) is 1. The molecule has 0 radical (unpaired) electrons. The van der Waals surface area contributed by atoms with Crippen molar-refractivity contribution in [3.63, 3.8) is 0 Å². The second kappa shape index (κ2) is 8.51. The summed E-state index contributed by atoms with van der Waals surface area (Å²) in [6.45, 7) is 0. The van der Waals surface area contributed by atoms with Crippen molar-refractivity contribution in [2.45, 2.75) is 30.4 Å². The Morgan fingerprint density at radius 2 is 1.90 bits per heavy atom. The standard InChI is InChI=1S/C21H23NO5S2/c1-22-19(23)11-6-15-4-7-16(8-5-15)17-9-10-18(28-17)21(14-20(24)25)12-2-3-13-29(21,26)27/h4-11H,2-3,12-14H2,1H3,(H,22,23)(H,24,25)/t21-/m0/s1. The smallest absolute Gasteiger partial charge is 0.305 e. The summed E-state index contributed by atoms with van der Waals surface area (Å²) in [4.78, 5) is 24.3. The predicted molar refractivity (Wildman–Crippen MR) is 114 cm³/mol. The molecule has 154 valence electrons. The molecule has 2 aromatic rings. The van der Waals surface area contributed by atoms with Crippen LogP contribution >= 0.6 is 11.3 Å². The van der Waals surface area contributed by atoms with Crippen LogP contribution in [0.15, 0.2) is 42.5 Å². The number of carboxylic acids is 1. The maximum Gasteiger partial charge on any atom is 0.305 e. The van der Waals surface area contributed by atoms with Gasteiger partial charge in [-0.25, -0.2) is 8.42 Å². The van der Waals surface area contributed by atoms with E-state index >= 15 is 0 Å². The lowest BCUT2D eigenvalue weighted by molar-refractivity contribution is -0.137. The number of amides is 1. The molecule has 2 N–H and O–H groups in total. The molecule has 0 saturated carbocycles. The highest BCUT2D eigenvalue weighted by atomic mass is 32.2. The van der Waals surface area contributed by atoms with Crippen LogP contribution in [0.5, 0.6) is 0 Å². The number of likely N-dealkylation sites (N-methyl/N-ethyl adjacent to an activating group) is 1. The highest BCUT2D eigenvalue weighted by Crippen LogP contribution is 2.47. The van der Waals surface area contributed by atoms with Crippen molar-refractivity contribution in [1.82, 2.24) is 5.32 Å². The second-order valence-electron chi connectivity index (χ2n) is 7.07. The van der Waals surface area contributed by atoms with Gasteiger partial charge in [-0.3, -0.25) is 9.59 Å². The Kier molecular flexibility index (Phi) is 6.24. The van der Waals surface area contributed by atoms with Crippen LogP contribution in [-0.2, 0) is 24.2 Å². The first-order chi connectivity index (χ1) is 13.8. The van der Waals surface area contributed by atoms with Gasteiger partial charge in [0.1, 0.15) is 4.75 Å². The third kappa shape index (κ3) is 4.43. The quantitative estimate of drug-likeness (QED) is 0.680. The Bertz CT molecular complexity index is 1040. The fourth-order valence-corrected chi connectivity index (χ4v) is 7.39. The van der Waals surface area contributed by atoms with Crippen LogP contribution in [0.1, 0.15) is 36.1 Å². The normalized spacial score (nSPS) is 21.1. The number of nitrogens with one attached hydrogen (secondary N) is 1. The summed E-state index contributed by atoms with van der Waals surface area (Å²) < 4.78 is 24.4. The van der Waals surface area contributed by atoms with Crippen LogP contribution in [-0.4, -0.2) is 38.2 Å². The van der Waals surface area contributed by atoms with Crippen LogP contribution in [0.2, 0.25) is 0 Å². The zero-order valence-corrected chi connectivity index (χ0v) is 17.7. The molecule has 3 rings (SSSR count). The molecule has 1 aromatic carbocycles. The van der Waals surface area contributed by atoms with Crippen LogP contribution in [0, 0.1) is 0 Å². The van der Waals surface area contributed by atoms with E-state index in [1.54, 1.807) is 19.2 Å². The minimum Gasteiger partial charge on any atom is -0.481 e. The molecule has 2 heterocycles. The van der Waals surface area contributed by atoms with Crippen LogP contribution in [0.4, 0.5) is 0 Å². The number of carbonyl (C=O) groups excluding carboxylic acids is 1. The summed E-state index contributed by atoms with van der Waals surface area (Å²) in [7, 11) is -1.98. The molecule has 29 heavy (non-hydrogen) atoms. The van der Waals surface area contributed by atoms with Gasteiger partial charge in [0.25, 0.3) is 0 Å². The van der Waals surface area contributed by atoms with Gasteiger partial charge in [-0.05, 0) is 42.2 Å². The Balaban J connectivity index is 1.92. The van der Waals surface area contributed by atoms with E-state index in [1.807, 2.05) is 30.3 Å². The Morgan fingerprint density at radius 1 is 1.17 bits per heavy atom. The molecule has 6 nitrogen and oxygen atoms in total. The minimum atomic E-state index is -3.54. The maximum absolute atomic E-state index is 12.9. The molecule has 8 heteroatoms. The average Bonchev–Trinajstić information content (AvgIpc) is 3.18. The summed E-state index contributed by atoms with van der Waals surface area (Å²) in [6, 6.07) is 11.2. The third-order valence-corrected chi connectivity index (χ3v) is 9.25. The number of thiophene rings is 1. The van der Waals surface area contributed by atoms with Crippen molar-refractivity contribution in [2.24, 2.45) is 0 Å². The van der Waals surface area contributed by atoms with Gasteiger partial charge < -0.3 is 10.4 Å². The van der Waals surface area contributed by atoms with E-state index < -0.39 is 27.0 Å². The van der Waals surface area contributed by atoms with E-state index in [0.29, 0.717) is 24.1 Å². The van der Waals surface area contributed by atoms with Crippen LogP contribution < -0.4 is 5.32 Å². The third-order valence-electron chi connectivity index (χ3n) is 5.20. The first-order valence-corrected chi connectivity index (χ1v) is 11.8. The fraction of sp³-hybridized carbons (Fsp3) is 0.333. The number of rotatable bonds is 6. The molecule has 1 aliphatic rings. The van der Waals surface area contributed by atoms with Crippen molar-refractivity contribution in [2.75, 3.05) is 12.8 Å². The highest BCUT2D eigenvalue weighted by molar-refractivity contribution is 7.92. The van der Waals surface area contributed by atoms with Gasteiger partial charge in [-0.15, -0.1) is 11.3 Å². The largest absolute Gasteiger partial charge is 0.481 e. The van der Waals surface area contributed by atoms with E-state index in [1.165, 1.54) is 17.4 Å². The number of hydrogen-bond donors (Lipinski definition) is 2. The first-order valence-electron chi connectivity index (χ1n) is 9.32. The van der Waals surface area contributed by atoms with Gasteiger partial charge in [0.05, 0.1) is 12.2 Å². The molecule has 1 fully saturated rings. The number of sulfone groups is 1. The highest BCUT2D eigenvalue weighted by Gasteiger charge is 2.49. The van der Waals surface area contributed by atoms with E-state index in [-0.39, 0.29) is 11.7 Å². The van der Waals surface area contributed by atoms with Gasteiger partial charge in [0, 0.05) is 22.9 Å². The molecule has 0 aliphatic carbocycles. The molecule has 1 atom stereocenters. The van der Waals surface area contributed by atoms with Gasteiger partial charge in [0.15, 0.2) is 9.84 Å². The molecule has 0 unspecified atom stereocenters. The molecule has 0 spiro atoms. The SMILES string of the molecule is CNC(=O)C=Cc1ccc(-c2ccc([C@@]3(CC(=O)O)CCCCS3(=O)=O)s2)cc1. The van der Waals surface area contributed by atoms with Gasteiger partial charge in [-0.2, -0.15) is 0 Å². The van der Waals surface area contributed by atoms with Gasteiger partial charge in [-0.1, -0.05) is 30.7 Å². The number of aliphatic carboxylic acids is 1. The number of carbonyl (C=O) groups is 2. The summed E-state index contributed by atoms with van der Waals surface area (Å²) >= 11 is 1.34. The van der Waals surface area contributed by atoms with Crippen molar-refractivity contribution in [3.8, 4) is 10.4 Å². The summed E-state index contributed by atoms with van der Waals surface area (Å²) in [6.07, 6.45) is 4.36. The van der Waals surface area contributed by atoms with Gasteiger partial charge >= 0.3 is 5.97 Å². The average molecular weight is 434 g/mol. The maximum atomic E-state index is 12.9. The van der Waals surface area contributed by atoms with E-state index in [4.69, 9.17) is 0 Å². The molecule has 1 saturated heterocycles. The summed E-state index contributed by atoms with van der Waals surface area (Å²) in [5, 5.41) is 11.9. The molecule has 0 bridgehead atoms. The molecule has 1 aliphatic heterocycles. The van der Waals surface area contributed by atoms with E-state index in [9.17, 15) is 23.1 Å². The molecule has 1 amide bonds. The molecule has 1 aromatic heterocycles. The summed E-state index contributed by atoms with van der Waals surface area (Å²) in [5.41, 5.74) is 1.78. The zero-order chi connectivity index (χ0) is 21.1. The Morgan fingerprint density at radius 3 is 2.52 bits per heavy atom. The Labute approximate surface area is 174 Å². The van der Waals surface area contributed by atoms with E-state index in [0.717, 1.165) is 16.0 Å². The fourth-order valence-electron chi connectivity index (χ4n) is 3.61. The van der Waals surface area contributed by atoms with Crippen molar-refractivity contribution in [3.05, 3.63) is 52.9 Å². The van der Waals surface area contributed by atoms with Crippen LogP contribution in [0.3, 0.4) is 0 Å². The van der Waals surface area contributed by atoms with E-state index in [2.05, 4.69) is 5.32 Å². The Hall–Kier alpha value is -2.45. The second-order valence-corrected chi connectivity index (χ2v) is 10.6. The van der Waals surface area contributed by atoms with Gasteiger partial charge in [0.2, 0.25) is 5.91 Å². The summed E-state index contributed by atoms with van der Waals surface area (Å²) in [5.74, 6) is -1.26. The van der Waals surface area contributed by atoms with Crippen molar-refractivity contribution >= 4 is 39.1 Å². The zero-order valence-electron chi connectivity index (χ0n) is 16.1. The number of benzene rings is 1. The molecular formula is C21H23NO5S2. The lowest BCUT2D eigenvalue weighted by atomic mass is 9.95. The minimum absolute atomic E-state index is 0.0277. The van der Waals surface area contributed by atoms with Crippen molar-refractivity contribution < 1.29 is 23.1 Å². The van der Waals surface area contributed by atoms with Crippen molar-refractivity contribution in [1.29, 1.82) is 0 Å². The first kappa shape index (κ1) is 21.3. The van der Waals surface area contributed by atoms with Crippen LogP contribution in [0.25, 0.3) is 16.5 Å². The monoisotopic (exact) mass is 433 g/mol. The predicted octanol–water partition coefficient (Wildman–Crippen LogP) is 3.44. The number of hydrogen-bond acceptors (Lipinski definition) is 5. The topological polar surface area (TPSA) is 101 Å². The lowest BCUT2D eigenvalue weighted by Gasteiger charge is -2.34. The lowest BCUT2D eigenvalue weighted by Crippen LogP contribution is -2.41. The molecular weight excluding hydrogens is 410 g/mol.